The van der Waals surface area contributed by atoms with E-state index in [1.165, 1.54) is 0 Å². The average molecular weight is 385 g/mol. The number of amides is 1. The smallest absolute Gasteiger partial charge is 0.259 e. The maximum Gasteiger partial charge on any atom is 0.259 e. The van der Waals surface area contributed by atoms with E-state index < -0.39 is 0 Å². The molecule has 28 heavy (non-hydrogen) atoms. The van der Waals surface area contributed by atoms with Crippen LogP contribution in [0.1, 0.15) is 10.4 Å². The highest BCUT2D eigenvalue weighted by Gasteiger charge is 2.25. The summed E-state index contributed by atoms with van der Waals surface area (Å²) in [7, 11) is 1.80. The Balaban J connectivity index is 1.56. The van der Waals surface area contributed by atoms with Crippen LogP contribution in [0.4, 0.5) is 5.69 Å². The molecule has 136 valence electrons. The highest BCUT2D eigenvalue weighted by molar-refractivity contribution is 7.99. The fourth-order valence-corrected chi connectivity index (χ4v) is 4.34. The summed E-state index contributed by atoms with van der Waals surface area (Å²) in [6.07, 6.45) is 0. The average Bonchev–Trinajstić information content (AvgIpc) is 3.21. The lowest BCUT2D eigenvalue weighted by Crippen LogP contribution is -2.25. The third-order valence-corrected chi connectivity index (χ3v) is 5.79. The largest absolute Gasteiger partial charge is 0.334 e. The van der Waals surface area contributed by atoms with Gasteiger partial charge in [-0.2, -0.15) is 4.98 Å². The van der Waals surface area contributed by atoms with Gasteiger partial charge < -0.3 is 9.42 Å². The summed E-state index contributed by atoms with van der Waals surface area (Å²) in [5, 5.41) is 4.14. The summed E-state index contributed by atoms with van der Waals surface area (Å²) in [5.41, 5.74) is 3.29. The molecule has 0 N–H and O–H groups in total. The van der Waals surface area contributed by atoms with Gasteiger partial charge in [-0.3, -0.25) is 4.79 Å². The number of anilines is 1. The molecule has 3 aromatic carbocycles. The van der Waals surface area contributed by atoms with Crippen LogP contribution in [0.3, 0.4) is 0 Å². The summed E-state index contributed by atoms with van der Waals surface area (Å²) in [6.45, 7) is 0. The molecule has 1 amide bonds. The van der Waals surface area contributed by atoms with E-state index in [-0.39, 0.29) is 5.91 Å². The van der Waals surface area contributed by atoms with E-state index in [1.54, 1.807) is 23.7 Å². The highest BCUT2D eigenvalue weighted by Crippen LogP contribution is 2.42. The first-order chi connectivity index (χ1) is 13.7. The number of nitrogens with zero attached hydrogens (tertiary/aromatic N) is 3. The molecule has 6 heteroatoms. The third kappa shape index (κ3) is 2.78. The maximum absolute atomic E-state index is 12.8. The van der Waals surface area contributed by atoms with Crippen LogP contribution in [-0.2, 0) is 0 Å². The first-order valence-electron chi connectivity index (χ1n) is 8.79. The second-order valence-corrected chi connectivity index (χ2v) is 7.52. The topological polar surface area (TPSA) is 59.2 Å². The molecule has 0 saturated carbocycles. The van der Waals surface area contributed by atoms with Crippen LogP contribution in [0, 0.1) is 0 Å². The third-order valence-electron chi connectivity index (χ3n) is 4.67. The van der Waals surface area contributed by atoms with Gasteiger partial charge in [-0.1, -0.05) is 47.3 Å². The van der Waals surface area contributed by atoms with Gasteiger partial charge in [-0.25, -0.2) is 0 Å². The van der Waals surface area contributed by atoms with Gasteiger partial charge in [0.2, 0.25) is 5.82 Å². The Morgan fingerprint density at radius 2 is 1.68 bits per heavy atom. The Labute approximate surface area is 166 Å². The molecule has 0 bridgehead atoms. The van der Waals surface area contributed by atoms with Gasteiger partial charge in [-0.05, 0) is 42.5 Å². The second-order valence-electron chi connectivity index (χ2n) is 6.43. The van der Waals surface area contributed by atoms with Crippen molar-refractivity contribution >= 4 is 23.4 Å². The quantitative estimate of drug-likeness (QED) is 0.478. The summed E-state index contributed by atoms with van der Waals surface area (Å²) in [4.78, 5) is 20.9. The van der Waals surface area contributed by atoms with E-state index in [0.717, 1.165) is 26.6 Å². The molecule has 1 aliphatic heterocycles. The maximum atomic E-state index is 12.8. The monoisotopic (exact) mass is 385 g/mol. The van der Waals surface area contributed by atoms with Gasteiger partial charge in [0.1, 0.15) is 0 Å². The minimum atomic E-state index is -0.0134. The number of aromatic nitrogens is 2. The number of fused-ring (bicyclic) bond motifs is 2. The lowest BCUT2D eigenvalue weighted by Gasteiger charge is -2.17. The van der Waals surface area contributed by atoms with Crippen molar-refractivity contribution in [1.82, 2.24) is 10.1 Å². The van der Waals surface area contributed by atoms with Gasteiger partial charge in [0.15, 0.2) is 0 Å². The number of benzene rings is 3. The lowest BCUT2D eigenvalue weighted by atomic mass is 10.1. The van der Waals surface area contributed by atoms with Crippen molar-refractivity contribution in [2.24, 2.45) is 0 Å². The molecular weight excluding hydrogens is 370 g/mol. The highest BCUT2D eigenvalue weighted by atomic mass is 32.2. The van der Waals surface area contributed by atoms with E-state index in [9.17, 15) is 4.79 Å². The van der Waals surface area contributed by atoms with E-state index >= 15 is 0 Å². The van der Waals surface area contributed by atoms with Crippen molar-refractivity contribution in [3.05, 3.63) is 78.4 Å². The zero-order valence-electron chi connectivity index (χ0n) is 15.0. The minimum Gasteiger partial charge on any atom is -0.334 e. The van der Waals surface area contributed by atoms with Crippen molar-refractivity contribution < 1.29 is 9.32 Å². The molecule has 5 nitrogen and oxygen atoms in total. The molecule has 4 aromatic rings. The van der Waals surface area contributed by atoms with E-state index in [1.807, 2.05) is 72.8 Å². The van der Waals surface area contributed by atoms with Gasteiger partial charge >= 0.3 is 0 Å². The molecule has 0 atom stereocenters. The Hall–Kier alpha value is -3.38. The molecule has 0 unspecified atom stereocenters. The number of carbonyl (C=O) groups excluding carboxylic acids is 1. The predicted molar refractivity (Wildman–Crippen MR) is 108 cm³/mol. The SMILES string of the molecule is CN1C(=O)c2ccccc2Sc2cc(-c3noc(-c4ccccc4)n3)ccc21. The van der Waals surface area contributed by atoms with Crippen molar-refractivity contribution in [3.63, 3.8) is 0 Å². The Kier molecular flexibility index (Phi) is 3.98. The summed E-state index contributed by atoms with van der Waals surface area (Å²) >= 11 is 1.57. The van der Waals surface area contributed by atoms with Crippen LogP contribution in [0.25, 0.3) is 22.8 Å². The van der Waals surface area contributed by atoms with Crippen LogP contribution in [0.2, 0.25) is 0 Å². The van der Waals surface area contributed by atoms with Crippen molar-refractivity contribution in [2.45, 2.75) is 9.79 Å². The number of hydrogen-bond donors (Lipinski definition) is 0. The van der Waals surface area contributed by atoms with Crippen molar-refractivity contribution in [3.8, 4) is 22.8 Å². The van der Waals surface area contributed by atoms with Crippen LogP contribution < -0.4 is 4.90 Å². The molecule has 5 rings (SSSR count). The molecule has 2 heterocycles. The Morgan fingerprint density at radius 1 is 0.893 bits per heavy atom. The molecular formula is C22H15N3O2S. The zero-order valence-corrected chi connectivity index (χ0v) is 15.8. The Morgan fingerprint density at radius 3 is 2.54 bits per heavy atom. The molecule has 0 radical (unpaired) electrons. The van der Waals surface area contributed by atoms with Crippen LogP contribution in [0.15, 0.2) is 87.1 Å². The van der Waals surface area contributed by atoms with Crippen LogP contribution in [-0.4, -0.2) is 23.1 Å². The van der Waals surface area contributed by atoms with Gasteiger partial charge in [-0.15, -0.1) is 0 Å². The molecule has 0 saturated heterocycles. The zero-order chi connectivity index (χ0) is 19.1. The summed E-state index contributed by atoms with van der Waals surface area (Å²) in [5.74, 6) is 0.991. The molecule has 1 aliphatic rings. The second kappa shape index (κ2) is 6.65. The molecule has 0 spiro atoms. The minimum absolute atomic E-state index is 0.0134. The molecule has 0 fully saturated rings. The van der Waals surface area contributed by atoms with Crippen molar-refractivity contribution in [1.29, 1.82) is 0 Å². The normalized spacial score (nSPS) is 13.0. The number of carbonyl (C=O) groups is 1. The van der Waals surface area contributed by atoms with Crippen LogP contribution in [0.5, 0.6) is 0 Å². The Bertz CT molecular complexity index is 1190. The fourth-order valence-electron chi connectivity index (χ4n) is 3.19. The summed E-state index contributed by atoms with van der Waals surface area (Å²) in [6, 6.07) is 23.2. The van der Waals surface area contributed by atoms with Gasteiger partial charge in [0, 0.05) is 28.0 Å². The van der Waals surface area contributed by atoms with E-state index in [0.29, 0.717) is 17.3 Å². The lowest BCUT2D eigenvalue weighted by molar-refractivity contribution is 0.0990. The van der Waals surface area contributed by atoms with Crippen molar-refractivity contribution in [2.75, 3.05) is 11.9 Å². The predicted octanol–water partition coefficient (Wildman–Crippen LogP) is 5.14. The van der Waals surface area contributed by atoms with E-state index in [2.05, 4.69) is 10.1 Å². The number of rotatable bonds is 2. The first-order valence-corrected chi connectivity index (χ1v) is 9.61. The standard InChI is InChI=1S/C22H15N3O2S/c1-25-17-12-11-15(20-23-21(27-24-20)14-7-3-2-4-8-14)13-19(17)28-18-10-6-5-9-16(18)22(25)26/h2-13H,1H3. The fraction of sp³-hybridized carbons (Fsp3) is 0.0455. The molecule has 0 aliphatic carbocycles. The van der Waals surface area contributed by atoms with Gasteiger partial charge in [0.25, 0.3) is 11.8 Å². The van der Waals surface area contributed by atoms with Crippen LogP contribution >= 0.6 is 11.8 Å². The van der Waals surface area contributed by atoms with E-state index in [4.69, 9.17) is 4.52 Å². The van der Waals surface area contributed by atoms with Gasteiger partial charge in [0.05, 0.1) is 11.3 Å². The molecule has 1 aromatic heterocycles. The number of hydrogen-bond acceptors (Lipinski definition) is 5. The first kappa shape index (κ1) is 16.8. The summed E-state index contributed by atoms with van der Waals surface area (Å²) < 4.78 is 5.44.